The SMILES string of the molecule is Cc1c(C(C)(C)C)sc(=NC(=O)c2cccc(C(F)(F)F)c2)n1CCO. The third-order valence-corrected chi connectivity index (χ3v) is 5.40. The van der Waals surface area contributed by atoms with Crippen molar-refractivity contribution < 1.29 is 23.1 Å². The number of carbonyl (C=O) groups is 1. The molecule has 1 aromatic carbocycles. The molecule has 0 spiro atoms. The van der Waals surface area contributed by atoms with E-state index in [9.17, 15) is 23.1 Å². The second-order valence-electron chi connectivity index (χ2n) is 6.92. The van der Waals surface area contributed by atoms with Crippen LogP contribution >= 0.6 is 11.3 Å². The van der Waals surface area contributed by atoms with E-state index in [-0.39, 0.29) is 24.1 Å². The maximum atomic E-state index is 12.8. The van der Waals surface area contributed by atoms with Crippen LogP contribution < -0.4 is 4.80 Å². The van der Waals surface area contributed by atoms with Crippen LogP contribution in [0.25, 0.3) is 0 Å². The molecule has 0 aliphatic carbocycles. The van der Waals surface area contributed by atoms with E-state index in [4.69, 9.17) is 0 Å². The highest BCUT2D eigenvalue weighted by Gasteiger charge is 2.31. The first-order chi connectivity index (χ1) is 11.9. The number of hydrogen-bond donors (Lipinski definition) is 1. The van der Waals surface area contributed by atoms with Crippen molar-refractivity contribution in [3.05, 3.63) is 50.8 Å². The van der Waals surface area contributed by atoms with E-state index in [1.54, 1.807) is 4.57 Å². The minimum Gasteiger partial charge on any atom is -0.395 e. The Bertz CT molecular complexity index is 874. The second-order valence-corrected chi connectivity index (χ2v) is 7.90. The van der Waals surface area contributed by atoms with Crippen LogP contribution in [-0.2, 0) is 18.1 Å². The van der Waals surface area contributed by atoms with Gasteiger partial charge in [-0.3, -0.25) is 4.79 Å². The van der Waals surface area contributed by atoms with Crippen molar-refractivity contribution in [2.24, 2.45) is 4.99 Å². The molecule has 0 atom stereocenters. The Morgan fingerprint density at radius 1 is 1.27 bits per heavy atom. The maximum Gasteiger partial charge on any atom is 0.416 e. The molecule has 2 rings (SSSR count). The Hall–Kier alpha value is -1.93. The number of hydrogen-bond acceptors (Lipinski definition) is 3. The van der Waals surface area contributed by atoms with Gasteiger partial charge in [0.05, 0.1) is 12.2 Å². The Morgan fingerprint density at radius 2 is 1.92 bits per heavy atom. The average Bonchev–Trinajstić information content (AvgIpc) is 2.84. The van der Waals surface area contributed by atoms with Crippen LogP contribution in [0.15, 0.2) is 29.3 Å². The molecule has 0 saturated carbocycles. The number of halogens is 3. The van der Waals surface area contributed by atoms with Crippen molar-refractivity contribution >= 4 is 17.2 Å². The van der Waals surface area contributed by atoms with E-state index in [1.165, 1.54) is 23.5 Å². The zero-order valence-corrected chi connectivity index (χ0v) is 15.8. The van der Waals surface area contributed by atoms with E-state index in [2.05, 4.69) is 4.99 Å². The first-order valence-corrected chi connectivity index (χ1v) is 8.84. The van der Waals surface area contributed by atoms with Crippen LogP contribution in [0.2, 0.25) is 0 Å². The summed E-state index contributed by atoms with van der Waals surface area (Å²) < 4.78 is 40.2. The van der Waals surface area contributed by atoms with Gasteiger partial charge in [-0.1, -0.05) is 26.8 Å². The first-order valence-electron chi connectivity index (χ1n) is 8.03. The summed E-state index contributed by atoms with van der Waals surface area (Å²) in [6, 6.07) is 4.21. The topological polar surface area (TPSA) is 54.6 Å². The van der Waals surface area contributed by atoms with Gasteiger partial charge in [-0.2, -0.15) is 18.2 Å². The van der Waals surface area contributed by atoms with Gasteiger partial charge in [-0.25, -0.2) is 0 Å². The van der Waals surface area contributed by atoms with Gasteiger partial charge >= 0.3 is 6.18 Å². The number of nitrogens with zero attached hydrogens (tertiary/aromatic N) is 2. The minimum atomic E-state index is -4.52. The Balaban J connectivity index is 2.54. The van der Waals surface area contributed by atoms with E-state index in [0.717, 1.165) is 22.7 Å². The van der Waals surface area contributed by atoms with E-state index in [0.29, 0.717) is 4.80 Å². The molecule has 0 radical (unpaired) electrons. The number of thiazole rings is 1. The summed E-state index contributed by atoms with van der Waals surface area (Å²) in [6.07, 6.45) is -4.52. The van der Waals surface area contributed by atoms with Gasteiger partial charge in [0.2, 0.25) is 0 Å². The standard InChI is InChI=1S/C18H21F3N2O2S/c1-11-14(17(2,3)4)26-16(23(11)8-9-24)22-15(25)12-6-5-7-13(10-12)18(19,20)21/h5-7,10,24H,8-9H2,1-4H3. The summed E-state index contributed by atoms with van der Waals surface area (Å²) in [6.45, 7) is 8.06. The number of alkyl halides is 3. The molecule has 0 bridgehead atoms. The zero-order chi connectivity index (χ0) is 19.7. The molecule has 0 saturated heterocycles. The molecule has 26 heavy (non-hydrogen) atoms. The van der Waals surface area contributed by atoms with Crippen molar-refractivity contribution in [1.29, 1.82) is 0 Å². The predicted molar refractivity (Wildman–Crippen MR) is 94.2 cm³/mol. The van der Waals surface area contributed by atoms with Crippen molar-refractivity contribution in [3.63, 3.8) is 0 Å². The van der Waals surface area contributed by atoms with Crippen LogP contribution in [0.1, 0.15) is 47.3 Å². The molecule has 4 nitrogen and oxygen atoms in total. The summed E-state index contributed by atoms with van der Waals surface area (Å²) in [5.74, 6) is -0.746. The maximum absolute atomic E-state index is 12.8. The lowest BCUT2D eigenvalue weighted by molar-refractivity contribution is -0.137. The molecule has 1 heterocycles. The van der Waals surface area contributed by atoms with Gasteiger partial charge in [0.25, 0.3) is 5.91 Å². The van der Waals surface area contributed by atoms with Crippen LogP contribution in [0.5, 0.6) is 0 Å². The molecule has 0 aliphatic rings. The quantitative estimate of drug-likeness (QED) is 0.870. The monoisotopic (exact) mass is 386 g/mol. The molecule has 0 unspecified atom stereocenters. The molecule has 8 heteroatoms. The van der Waals surface area contributed by atoms with E-state index >= 15 is 0 Å². The third kappa shape index (κ3) is 4.42. The summed E-state index contributed by atoms with van der Waals surface area (Å²) >= 11 is 1.31. The number of aliphatic hydroxyl groups is 1. The minimum absolute atomic E-state index is 0.126. The Kier molecular flexibility index (Phi) is 5.77. The highest BCUT2D eigenvalue weighted by molar-refractivity contribution is 7.09. The fourth-order valence-electron chi connectivity index (χ4n) is 2.61. The number of amides is 1. The fourth-order valence-corrected chi connectivity index (χ4v) is 3.82. The highest BCUT2D eigenvalue weighted by Crippen LogP contribution is 2.30. The normalized spacial score (nSPS) is 13.3. The predicted octanol–water partition coefficient (Wildman–Crippen LogP) is 3.91. The molecule has 0 fully saturated rings. The van der Waals surface area contributed by atoms with Crippen molar-refractivity contribution in [2.45, 2.75) is 45.8 Å². The van der Waals surface area contributed by atoms with Gasteiger partial charge in [0.1, 0.15) is 0 Å². The summed E-state index contributed by atoms with van der Waals surface area (Å²) in [5, 5.41) is 9.29. The Labute approximate surface area is 153 Å². The van der Waals surface area contributed by atoms with Crippen molar-refractivity contribution in [2.75, 3.05) is 6.61 Å². The number of aliphatic hydroxyl groups excluding tert-OH is 1. The molecular formula is C18H21F3N2O2S. The molecule has 2 aromatic rings. The van der Waals surface area contributed by atoms with Gasteiger partial charge in [0, 0.05) is 22.7 Å². The zero-order valence-electron chi connectivity index (χ0n) is 15.0. The van der Waals surface area contributed by atoms with Crippen LogP contribution in [0.3, 0.4) is 0 Å². The molecule has 1 aromatic heterocycles. The van der Waals surface area contributed by atoms with E-state index < -0.39 is 17.6 Å². The molecule has 1 N–H and O–H groups in total. The van der Waals surface area contributed by atoms with Crippen LogP contribution in [0, 0.1) is 6.92 Å². The summed E-state index contributed by atoms with van der Waals surface area (Å²) in [7, 11) is 0. The largest absolute Gasteiger partial charge is 0.416 e. The molecule has 1 amide bonds. The molecular weight excluding hydrogens is 365 g/mol. The third-order valence-electron chi connectivity index (χ3n) is 3.80. The van der Waals surface area contributed by atoms with Gasteiger partial charge in [-0.15, -0.1) is 11.3 Å². The lowest BCUT2D eigenvalue weighted by atomic mass is 9.93. The molecule has 142 valence electrons. The number of carbonyl (C=O) groups excluding carboxylic acids is 1. The lowest BCUT2D eigenvalue weighted by Crippen LogP contribution is -2.20. The number of rotatable bonds is 3. The van der Waals surface area contributed by atoms with Crippen LogP contribution in [0.4, 0.5) is 13.2 Å². The van der Waals surface area contributed by atoms with Gasteiger partial charge < -0.3 is 9.67 Å². The molecule has 0 aliphatic heterocycles. The van der Waals surface area contributed by atoms with Crippen molar-refractivity contribution in [3.8, 4) is 0 Å². The summed E-state index contributed by atoms with van der Waals surface area (Å²) in [5.41, 5.74) is -0.315. The number of aromatic nitrogens is 1. The number of benzene rings is 1. The highest BCUT2D eigenvalue weighted by atomic mass is 32.1. The van der Waals surface area contributed by atoms with E-state index in [1.807, 2.05) is 27.7 Å². The van der Waals surface area contributed by atoms with Gasteiger partial charge in [0.15, 0.2) is 4.80 Å². The van der Waals surface area contributed by atoms with Gasteiger partial charge in [-0.05, 0) is 30.5 Å². The fraction of sp³-hybridized carbons (Fsp3) is 0.444. The first kappa shape index (κ1) is 20.4. The second kappa shape index (κ2) is 7.36. The Morgan fingerprint density at radius 3 is 2.46 bits per heavy atom. The van der Waals surface area contributed by atoms with Crippen molar-refractivity contribution in [1.82, 2.24) is 4.57 Å². The average molecular weight is 386 g/mol. The van der Waals surface area contributed by atoms with Crippen LogP contribution in [-0.4, -0.2) is 22.2 Å². The lowest BCUT2D eigenvalue weighted by Gasteiger charge is -2.17. The smallest absolute Gasteiger partial charge is 0.395 e. The summed E-state index contributed by atoms with van der Waals surface area (Å²) in [4.78, 5) is 17.8.